The van der Waals surface area contributed by atoms with Crippen LogP contribution in [0, 0.1) is 0 Å². The molecule has 1 unspecified atom stereocenters. The van der Waals surface area contributed by atoms with Crippen LogP contribution in [0.25, 0.3) is 0 Å². The Labute approximate surface area is 121 Å². The van der Waals surface area contributed by atoms with Crippen LogP contribution in [0.4, 0.5) is 0 Å². The number of rotatable bonds is 8. The van der Waals surface area contributed by atoms with Crippen molar-refractivity contribution in [3.8, 4) is 0 Å². The molecule has 2 aromatic rings. The van der Waals surface area contributed by atoms with Crippen molar-refractivity contribution < 1.29 is 4.42 Å². The average molecular weight is 275 g/mol. The molecule has 0 fully saturated rings. The molecule has 0 aliphatic carbocycles. The molecule has 0 bridgehead atoms. The fourth-order valence-corrected chi connectivity index (χ4v) is 2.28. The summed E-state index contributed by atoms with van der Waals surface area (Å²) in [6.45, 7) is 8.30. The molecule has 1 atom stereocenters. The fourth-order valence-electron chi connectivity index (χ4n) is 2.28. The minimum atomic E-state index is 0.227. The Hall–Kier alpha value is -1.55. The van der Waals surface area contributed by atoms with E-state index in [0.29, 0.717) is 0 Å². The van der Waals surface area contributed by atoms with Gasteiger partial charge in [0.25, 0.3) is 0 Å². The van der Waals surface area contributed by atoms with Crippen LogP contribution in [0.2, 0.25) is 0 Å². The van der Waals surface area contributed by atoms with E-state index >= 15 is 0 Å². The lowest BCUT2D eigenvalue weighted by Gasteiger charge is -2.15. The van der Waals surface area contributed by atoms with Gasteiger partial charge in [0.1, 0.15) is 11.5 Å². The van der Waals surface area contributed by atoms with E-state index in [4.69, 9.17) is 4.42 Å². The second kappa shape index (κ2) is 7.29. The molecule has 0 saturated carbocycles. The second-order valence-electron chi connectivity index (χ2n) is 5.07. The first-order valence-electron chi connectivity index (χ1n) is 7.60. The molecule has 110 valence electrons. The maximum absolute atomic E-state index is 5.91. The van der Waals surface area contributed by atoms with E-state index in [-0.39, 0.29) is 6.04 Å². The Balaban J connectivity index is 2.09. The molecule has 2 aromatic heterocycles. The molecule has 0 aliphatic heterocycles. The van der Waals surface area contributed by atoms with Crippen LogP contribution in [0.1, 0.15) is 50.3 Å². The van der Waals surface area contributed by atoms with Crippen LogP contribution >= 0.6 is 0 Å². The molecule has 0 amide bonds. The van der Waals surface area contributed by atoms with E-state index in [9.17, 15) is 0 Å². The van der Waals surface area contributed by atoms with Gasteiger partial charge >= 0.3 is 0 Å². The molecular formula is C16H25N3O. The van der Waals surface area contributed by atoms with Gasteiger partial charge in [-0.1, -0.05) is 13.8 Å². The monoisotopic (exact) mass is 275 g/mol. The zero-order valence-electron chi connectivity index (χ0n) is 12.7. The van der Waals surface area contributed by atoms with Crippen LogP contribution in [0.3, 0.4) is 0 Å². The molecule has 2 rings (SSSR count). The van der Waals surface area contributed by atoms with Gasteiger partial charge in [-0.2, -0.15) is 5.10 Å². The van der Waals surface area contributed by atoms with E-state index in [2.05, 4.69) is 49.5 Å². The molecule has 20 heavy (non-hydrogen) atoms. The highest BCUT2D eigenvalue weighted by Crippen LogP contribution is 2.21. The van der Waals surface area contributed by atoms with E-state index in [1.54, 1.807) is 0 Å². The summed E-state index contributed by atoms with van der Waals surface area (Å²) in [6.07, 6.45) is 7.04. The van der Waals surface area contributed by atoms with Gasteiger partial charge in [0, 0.05) is 19.2 Å². The van der Waals surface area contributed by atoms with E-state index in [0.717, 1.165) is 43.9 Å². The number of hydrogen-bond acceptors (Lipinski definition) is 3. The lowest BCUT2D eigenvalue weighted by Crippen LogP contribution is -2.23. The molecule has 0 aromatic carbocycles. The van der Waals surface area contributed by atoms with Gasteiger partial charge in [-0.05, 0) is 44.0 Å². The van der Waals surface area contributed by atoms with Crippen molar-refractivity contribution in [2.24, 2.45) is 0 Å². The molecule has 0 radical (unpaired) electrons. The third-order valence-corrected chi connectivity index (χ3v) is 3.47. The van der Waals surface area contributed by atoms with Gasteiger partial charge < -0.3 is 9.73 Å². The Morgan fingerprint density at radius 3 is 2.75 bits per heavy atom. The van der Waals surface area contributed by atoms with E-state index < -0.39 is 0 Å². The molecule has 2 heterocycles. The molecule has 0 aliphatic rings. The molecular weight excluding hydrogens is 250 g/mol. The Bertz CT molecular complexity index is 515. The van der Waals surface area contributed by atoms with Crippen molar-refractivity contribution >= 4 is 0 Å². The van der Waals surface area contributed by atoms with Gasteiger partial charge in [-0.3, -0.25) is 4.68 Å². The van der Waals surface area contributed by atoms with Crippen molar-refractivity contribution in [1.29, 1.82) is 0 Å². The van der Waals surface area contributed by atoms with Crippen LogP contribution in [-0.2, 0) is 19.4 Å². The van der Waals surface area contributed by atoms with Crippen LogP contribution in [0.15, 0.2) is 28.9 Å². The van der Waals surface area contributed by atoms with Crippen LogP contribution < -0.4 is 5.32 Å². The summed E-state index contributed by atoms with van der Waals surface area (Å²) in [7, 11) is 0. The quantitative estimate of drug-likeness (QED) is 0.803. The molecule has 4 nitrogen and oxygen atoms in total. The van der Waals surface area contributed by atoms with Gasteiger partial charge in [-0.25, -0.2) is 0 Å². The van der Waals surface area contributed by atoms with Gasteiger partial charge in [0.15, 0.2) is 0 Å². The highest BCUT2D eigenvalue weighted by atomic mass is 16.3. The zero-order valence-corrected chi connectivity index (χ0v) is 12.7. The van der Waals surface area contributed by atoms with Crippen molar-refractivity contribution in [2.45, 2.75) is 52.6 Å². The number of nitrogens with zero attached hydrogens (tertiary/aromatic N) is 2. The van der Waals surface area contributed by atoms with Crippen molar-refractivity contribution in [3.05, 3.63) is 41.6 Å². The Morgan fingerprint density at radius 1 is 1.30 bits per heavy atom. The molecule has 4 heteroatoms. The predicted molar refractivity (Wildman–Crippen MR) is 80.7 cm³/mol. The Kier molecular flexibility index (Phi) is 5.41. The minimum Gasteiger partial charge on any atom is -0.464 e. The summed E-state index contributed by atoms with van der Waals surface area (Å²) in [5.41, 5.74) is 1.25. The van der Waals surface area contributed by atoms with Crippen molar-refractivity contribution in [3.63, 3.8) is 0 Å². The summed E-state index contributed by atoms with van der Waals surface area (Å²) >= 11 is 0. The second-order valence-corrected chi connectivity index (χ2v) is 5.07. The fraction of sp³-hybridized carbons (Fsp3) is 0.562. The topological polar surface area (TPSA) is 43.0 Å². The zero-order chi connectivity index (χ0) is 14.4. The predicted octanol–water partition coefficient (Wildman–Crippen LogP) is 3.34. The first kappa shape index (κ1) is 14.9. The smallest absolute Gasteiger partial charge is 0.121 e. The third kappa shape index (κ3) is 3.73. The number of nitrogens with one attached hydrogen (secondary N) is 1. The largest absolute Gasteiger partial charge is 0.464 e. The number of aryl methyl sites for hydroxylation is 2. The maximum Gasteiger partial charge on any atom is 0.121 e. The van der Waals surface area contributed by atoms with Crippen LogP contribution in [0.5, 0.6) is 0 Å². The summed E-state index contributed by atoms with van der Waals surface area (Å²) < 4.78 is 7.87. The lowest BCUT2D eigenvalue weighted by atomic mass is 10.1. The summed E-state index contributed by atoms with van der Waals surface area (Å²) in [5, 5.41) is 7.91. The van der Waals surface area contributed by atoms with Crippen LogP contribution in [-0.4, -0.2) is 16.3 Å². The summed E-state index contributed by atoms with van der Waals surface area (Å²) in [5.74, 6) is 2.08. The first-order valence-corrected chi connectivity index (χ1v) is 7.60. The minimum absolute atomic E-state index is 0.227. The van der Waals surface area contributed by atoms with E-state index in [1.165, 1.54) is 5.56 Å². The SMILES string of the molecule is CCCNC(Cc1cnn(CC)c1)c1ccc(CC)o1. The van der Waals surface area contributed by atoms with Crippen molar-refractivity contribution in [2.75, 3.05) is 6.54 Å². The standard InChI is InChI=1S/C16H25N3O/c1-4-9-17-15(16-8-7-14(5-2)20-16)10-13-11-18-19(6-3)12-13/h7-8,11-12,15,17H,4-6,9-10H2,1-3H3. The summed E-state index contributed by atoms with van der Waals surface area (Å²) in [6, 6.07) is 4.40. The van der Waals surface area contributed by atoms with E-state index in [1.807, 2.05) is 10.9 Å². The van der Waals surface area contributed by atoms with Gasteiger partial charge in [-0.15, -0.1) is 0 Å². The number of hydrogen-bond donors (Lipinski definition) is 1. The normalized spacial score (nSPS) is 12.8. The maximum atomic E-state index is 5.91. The molecule has 1 N–H and O–H groups in total. The first-order chi connectivity index (χ1) is 9.76. The van der Waals surface area contributed by atoms with Gasteiger partial charge in [0.2, 0.25) is 0 Å². The highest BCUT2D eigenvalue weighted by molar-refractivity contribution is 5.15. The lowest BCUT2D eigenvalue weighted by molar-refractivity contribution is 0.392. The number of aromatic nitrogens is 2. The number of furan rings is 1. The third-order valence-electron chi connectivity index (χ3n) is 3.47. The van der Waals surface area contributed by atoms with Crippen molar-refractivity contribution in [1.82, 2.24) is 15.1 Å². The highest BCUT2D eigenvalue weighted by Gasteiger charge is 2.16. The Morgan fingerprint density at radius 2 is 2.15 bits per heavy atom. The molecule has 0 saturated heterocycles. The van der Waals surface area contributed by atoms with Gasteiger partial charge in [0.05, 0.1) is 12.2 Å². The molecule has 0 spiro atoms. The summed E-state index contributed by atoms with van der Waals surface area (Å²) in [4.78, 5) is 0. The average Bonchev–Trinajstić information content (AvgIpc) is 3.12.